The third-order valence-electron chi connectivity index (χ3n) is 6.23. The molecule has 2 aromatic carbocycles. The Balaban J connectivity index is 1.47. The third-order valence-corrected chi connectivity index (χ3v) is 7.47. The molecular weight excluding hydrogens is 468 g/mol. The molecule has 0 saturated heterocycles. The molecule has 3 N–H and O–H groups in total. The van der Waals surface area contributed by atoms with E-state index in [0.29, 0.717) is 12.2 Å². The predicted molar refractivity (Wildman–Crippen MR) is 146 cm³/mol. The summed E-state index contributed by atoms with van der Waals surface area (Å²) >= 11 is 1.80. The number of amides is 1. The SMILES string of the molecule is CC(=O)Nc1cc(-c2[nH]c3c(c2Nc2ccccc2)C(=O)CC(CSc2ccc(C)cc2)C3)ccn1. The highest BCUT2D eigenvalue weighted by atomic mass is 32.2. The number of aromatic nitrogens is 2. The van der Waals surface area contributed by atoms with E-state index in [0.717, 1.165) is 46.1 Å². The number of hydrogen-bond acceptors (Lipinski definition) is 5. The first-order valence-corrected chi connectivity index (χ1v) is 13.0. The molecule has 2 aromatic heterocycles. The zero-order valence-corrected chi connectivity index (χ0v) is 21.1. The number of carbonyl (C=O) groups excluding carboxylic acids is 2. The van der Waals surface area contributed by atoms with Gasteiger partial charge in [0.2, 0.25) is 5.91 Å². The lowest BCUT2D eigenvalue weighted by Gasteiger charge is -2.22. The van der Waals surface area contributed by atoms with Crippen LogP contribution in [-0.2, 0) is 11.2 Å². The molecular formula is C29H28N4O2S. The molecule has 0 bridgehead atoms. The Bertz CT molecular complexity index is 1400. The molecule has 0 saturated carbocycles. The van der Waals surface area contributed by atoms with E-state index in [2.05, 4.69) is 51.8 Å². The minimum absolute atomic E-state index is 0.142. The number of Topliss-reactive ketones (excluding diaryl/α,β-unsaturated/α-hetero) is 1. The molecule has 6 nitrogen and oxygen atoms in total. The minimum atomic E-state index is -0.183. The number of hydrogen-bond donors (Lipinski definition) is 3. The molecule has 1 aliphatic carbocycles. The van der Waals surface area contributed by atoms with Gasteiger partial charge in [0.05, 0.1) is 16.9 Å². The Morgan fingerprint density at radius 2 is 1.86 bits per heavy atom. The van der Waals surface area contributed by atoms with E-state index in [1.54, 1.807) is 18.0 Å². The number of aryl methyl sites for hydroxylation is 1. The van der Waals surface area contributed by atoms with Crippen LogP contribution in [0.3, 0.4) is 0 Å². The zero-order chi connectivity index (χ0) is 25.1. The number of pyridine rings is 1. The lowest BCUT2D eigenvalue weighted by atomic mass is 9.87. The van der Waals surface area contributed by atoms with Gasteiger partial charge in [-0.05, 0) is 55.7 Å². The smallest absolute Gasteiger partial charge is 0.222 e. The number of nitrogens with one attached hydrogen (secondary N) is 3. The van der Waals surface area contributed by atoms with Crippen molar-refractivity contribution in [2.75, 3.05) is 16.4 Å². The predicted octanol–water partition coefficient (Wildman–Crippen LogP) is 6.62. The first kappa shape index (κ1) is 23.9. The molecule has 2 heterocycles. The number of nitrogens with zero attached hydrogens (tertiary/aromatic N) is 1. The fourth-order valence-electron chi connectivity index (χ4n) is 4.55. The second-order valence-electron chi connectivity index (χ2n) is 9.15. The van der Waals surface area contributed by atoms with Crippen molar-refractivity contribution in [2.24, 2.45) is 5.92 Å². The number of aromatic amines is 1. The molecule has 1 atom stereocenters. The van der Waals surface area contributed by atoms with Crippen LogP contribution in [-0.4, -0.2) is 27.4 Å². The standard InChI is InChI=1S/C29H28N4O2S/c1-18-8-10-23(11-9-18)36-17-20-14-24-27(25(35)15-20)29(32-22-6-4-3-5-7-22)28(33-24)21-12-13-30-26(16-21)31-19(2)34/h3-13,16,20,32-33H,14-15,17H2,1-2H3,(H,30,31,34). The maximum Gasteiger partial charge on any atom is 0.222 e. The number of para-hydroxylation sites is 1. The molecule has 36 heavy (non-hydrogen) atoms. The van der Waals surface area contributed by atoms with Crippen LogP contribution in [0.2, 0.25) is 0 Å². The summed E-state index contributed by atoms with van der Waals surface area (Å²) in [6.07, 6.45) is 2.97. The Morgan fingerprint density at radius 3 is 2.61 bits per heavy atom. The van der Waals surface area contributed by atoms with E-state index in [4.69, 9.17) is 0 Å². The Kier molecular flexibility index (Phi) is 6.91. The first-order chi connectivity index (χ1) is 17.5. The molecule has 1 unspecified atom stereocenters. The number of thioether (sulfide) groups is 1. The maximum atomic E-state index is 13.5. The Labute approximate surface area is 214 Å². The Morgan fingerprint density at radius 1 is 1.08 bits per heavy atom. The average molecular weight is 497 g/mol. The van der Waals surface area contributed by atoms with Crippen LogP contribution in [0, 0.1) is 12.8 Å². The number of rotatable bonds is 7. The summed E-state index contributed by atoms with van der Waals surface area (Å²) in [5.41, 5.74) is 6.26. The highest BCUT2D eigenvalue weighted by molar-refractivity contribution is 7.99. The van der Waals surface area contributed by atoms with Gasteiger partial charge in [0, 0.05) is 47.1 Å². The van der Waals surface area contributed by atoms with Crippen LogP contribution in [0.25, 0.3) is 11.3 Å². The summed E-state index contributed by atoms with van der Waals surface area (Å²) in [6, 6.07) is 22.1. The number of H-pyrrole nitrogens is 1. The van der Waals surface area contributed by atoms with Gasteiger partial charge in [-0.15, -0.1) is 11.8 Å². The van der Waals surface area contributed by atoms with Crippen molar-refractivity contribution in [3.05, 3.63) is 89.7 Å². The second-order valence-corrected chi connectivity index (χ2v) is 10.2. The van der Waals surface area contributed by atoms with Crippen molar-refractivity contribution in [2.45, 2.75) is 31.6 Å². The summed E-state index contributed by atoms with van der Waals surface area (Å²) in [5.74, 6) is 1.56. The highest BCUT2D eigenvalue weighted by Gasteiger charge is 2.32. The molecule has 0 aliphatic heterocycles. The van der Waals surface area contributed by atoms with Crippen LogP contribution in [0.5, 0.6) is 0 Å². The first-order valence-electron chi connectivity index (χ1n) is 12.0. The van der Waals surface area contributed by atoms with Crippen molar-refractivity contribution in [1.29, 1.82) is 0 Å². The average Bonchev–Trinajstić information content (AvgIpc) is 3.23. The normalized spacial score (nSPS) is 14.8. The van der Waals surface area contributed by atoms with Gasteiger partial charge in [0.25, 0.3) is 0 Å². The molecule has 4 aromatic rings. The van der Waals surface area contributed by atoms with Gasteiger partial charge in [0.1, 0.15) is 5.82 Å². The Hall–Kier alpha value is -3.84. The van der Waals surface area contributed by atoms with E-state index in [1.165, 1.54) is 17.4 Å². The van der Waals surface area contributed by atoms with Crippen LogP contribution in [0.4, 0.5) is 17.2 Å². The van der Waals surface area contributed by atoms with E-state index >= 15 is 0 Å². The van der Waals surface area contributed by atoms with Gasteiger partial charge < -0.3 is 15.6 Å². The summed E-state index contributed by atoms with van der Waals surface area (Å²) in [4.78, 5) is 34.1. The van der Waals surface area contributed by atoms with Crippen LogP contribution in [0.15, 0.2) is 77.8 Å². The molecule has 0 fully saturated rings. The van der Waals surface area contributed by atoms with Crippen molar-refractivity contribution in [1.82, 2.24) is 9.97 Å². The molecule has 0 spiro atoms. The second kappa shape index (κ2) is 10.4. The summed E-state index contributed by atoms with van der Waals surface area (Å²) in [7, 11) is 0. The monoisotopic (exact) mass is 496 g/mol. The quantitative estimate of drug-likeness (QED) is 0.250. The van der Waals surface area contributed by atoms with Crippen molar-refractivity contribution in [3.63, 3.8) is 0 Å². The topological polar surface area (TPSA) is 86.9 Å². The van der Waals surface area contributed by atoms with Gasteiger partial charge >= 0.3 is 0 Å². The summed E-state index contributed by atoms with van der Waals surface area (Å²) < 4.78 is 0. The van der Waals surface area contributed by atoms with Gasteiger partial charge in [-0.3, -0.25) is 9.59 Å². The third kappa shape index (κ3) is 5.36. The lowest BCUT2D eigenvalue weighted by molar-refractivity contribution is -0.114. The number of benzene rings is 2. The fraction of sp³-hybridized carbons (Fsp3) is 0.207. The summed E-state index contributed by atoms with van der Waals surface area (Å²) in [6.45, 7) is 3.54. The number of ketones is 1. The summed E-state index contributed by atoms with van der Waals surface area (Å²) in [5, 5.41) is 6.23. The van der Waals surface area contributed by atoms with E-state index < -0.39 is 0 Å². The van der Waals surface area contributed by atoms with Crippen LogP contribution in [0.1, 0.15) is 35.0 Å². The van der Waals surface area contributed by atoms with E-state index in [-0.39, 0.29) is 17.6 Å². The molecule has 7 heteroatoms. The van der Waals surface area contributed by atoms with Crippen molar-refractivity contribution >= 4 is 40.6 Å². The molecule has 0 radical (unpaired) electrons. The maximum absolute atomic E-state index is 13.5. The number of anilines is 3. The molecule has 5 rings (SSSR count). The minimum Gasteiger partial charge on any atom is -0.356 e. The van der Waals surface area contributed by atoms with Crippen molar-refractivity contribution in [3.8, 4) is 11.3 Å². The van der Waals surface area contributed by atoms with Gasteiger partial charge in [0.15, 0.2) is 5.78 Å². The lowest BCUT2D eigenvalue weighted by Crippen LogP contribution is -2.21. The largest absolute Gasteiger partial charge is 0.356 e. The van der Waals surface area contributed by atoms with Gasteiger partial charge in [-0.25, -0.2) is 4.98 Å². The van der Waals surface area contributed by atoms with Gasteiger partial charge in [-0.2, -0.15) is 0 Å². The molecule has 1 aliphatic rings. The van der Waals surface area contributed by atoms with Crippen LogP contribution < -0.4 is 10.6 Å². The highest BCUT2D eigenvalue weighted by Crippen LogP contribution is 2.41. The zero-order valence-electron chi connectivity index (χ0n) is 20.3. The number of fused-ring (bicyclic) bond motifs is 1. The fourth-order valence-corrected chi connectivity index (χ4v) is 5.54. The van der Waals surface area contributed by atoms with Gasteiger partial charge in [-0.1, -0.05) is 35.9 Å². The van der Waals surface area contributed by atoms with E-state index in [9.17, 15) is 9.59 Å². The van der Waals surface area contributed by atoms with E-state index in [1.807, 2.05) is 42.5 Å². The molecule has 182 valence electrons. The van der Waals surface area contributed by atoms with Crippen LogP contribution >= 0.6 is 11.8 Å². The van der Waals surface area contributed by atoms with Crippen molar-refractivity contribution < 1.29 is 9.59 Å². The molecule has 1 amide bonds. The number of carbonyl (C=O) groups is 2.